The summed E-state index contributed by atoms with van der Waals surface area (Å²) in [6.45, 7) is 4.00. The average molecular weight is 188 g/mol. The van der Waals surface area contributed by atoms with Crippen molar-refractivity contribution in [3.63, 3.8) is 0 Å². The summed E-state index contributed by atoms with van der Waals surface area (Å²) in [7, 11) is 0. The van der Waals surface area contributed by atoms with Gasteiger partial charge in [-0.25, -0.2) is 4.98 Å². The van der Waals surface area contributed by atoms with Crippen molar-refractivity contribution in [3.8, 4) is 0 Å². The van der Waals surface area contributed by atoms with Crippen molar-refractivity contribution < 1.29 is 0 Å². The van der Waals surface area contributed by atoms with Crippen LogP contribution in [-0.4, -0.2) is 9.97 Å². The molecule has 0 radical (unpaired) electrons. The van der Waals surface area contributed by atoms with E-state index >= 15 is 0 Å². The van der Waals surface area contributed by atoms with Gasteiger partial charge in [-0.15, -0.1) is 0 Å². The van der Waals surface area contributed by atoms with Crippen LogP contribution in [0, 0.1) is 13.8 Å². The molecule has 2 aromatic rings. The fourth-order valence-corrected chi connectivity index (χ4v) is 1.63. The summed E-state index contributed by atoms with van der Waals surface area (Å²) in [5.41, 5.74) is 14.3. The molecular weight excluding hydrogens is 176 g/mol. The first-order chi connectivity index (χ1) is 6.58. The van der Waals surface area contributed by atoms with Gasteiger partial charge in [-0.3, -0.25) is 0 Å². The quantitative estimate of drug-likeness (QED) is 0.655. The van der Waals surface area contributed by atoms with Crippen LogP contribution < -0.4 is 11.5 Å². The lowest BCUT2D eigenvalue weighted by Crippen LogP contribution is -2.01. The van der Waals surface area contributed by atoms with E-state index in [9.17, 15) is 0 Å². The molecule has 0 aliphatic carbocycles. The van der Waals surface area contributed by atoms with Crippen LogP contribution in [0.5, 0.6) is 0 Å². The van der Waals surface area contributed by atoms with Gasteiger partial charge in [0.05, 0.1) is 5.52 Å². The highest BCUT2D eigenvalue weighted by Gasteiger charge is 2.05. The maximum atomic E-state index is 5.76. The molecule has 1 heterocycles. The van der Waals surface area contributed by atoms with E-state index in [1.54, 1.807) is 0 Å². The number of nitrogen functional groups attached to an aromatic ring is 2. The Hall–Kier alpha value is -1.84. The summed E-state index contributed by atoms with van der Waals surface area (Å²) in [6.07, 6.45) is 0. The van der Waals surface area contributed by atoms with E-state index in [-0.39, 0.29) is 5.95 Å². The van der Waals surface area contributed by atoms with Crippen molar-refractivity contribution in [1.82, 2.24) is 9.97 Å². The second kappa shape index (κ2) is 2.83. The van der Waals surface area contributed by atoms with Crippen LogP contribution in [0.2, 0.25) is 0 Å². The molecule has 14 heavy (non-hydrogen) atoms. The summed E-state index contributed by atoms with van der Waals surface area (Å²) < 4.78 is 0. The number of nitrogens with two attached hydrogens (primary N) is 2. The third-order valence-corrected chi connectivity index (χ3v) is 2.18. The summed E-state index contributed by atoms with van der Waals surface area (Å²) in [5, 5.41) is 0.872. The highest BCUT2D eigenvalue weighted by molar-refractivity contribution is 5.91. The predicted molar refractivity (Wildman–Crippen MR) is 57.8 cm³/mol. The fraction of sp³-hybridized carbons (Fsp3) is 0.200. The highest BCUT2D eigenvalue weighted by Crippen LogP contribution is 2.23. The van der Waals surface area contributed by atoms with Gasteiger partial charge in [-0.2, -0.15) is 4.98 Å². The molecule has 1 aromatic carbocycles. The number of fused-ring (bicyclic) bond motifs is 1. The monoisotopic (exact) mass is 188 g/mol. The van der Waals surface area contributed by atoms with Crippen LogP contribution in [0.4, 0.5) is 11.8 Å². The standard InChI is InChI=1S/C10H12N4/c1-5-3-6(2)8-7(4-5)9(11)14-10(12)13-8/h3-4H,1-2H3,(H4,11,12,13,14). The summed E-state index contributed by atoms with van der Waals surface area (Å²) >= 11 is 0. The van der Waals surface area contributed by atoms with Gasteiger partial charge in [0, 0.05) is 5.39 Å². The minimum Gasteiger partial charge on any atom is -0.383 e. The summed E-state index contributed by atoms with van der Waals surface area (Å²) in [5.74, 6) is 0.668. The number of aromatic nitrogens is 2. The zero-order chi connectivity index (χ0) is 10.3. The molecule has 0 atom stereocenters. The molecular formula is C10H12N4. The van der Waals surface area contributed by atoms with Crippen molar-refractivity contribution in [2.75, 3.05) is 11.5 Å². The van der Waals surface area contributed by atoms with Gasteiger partial charge in [-0.05, 0) is 31.0 Å². The van der Waals surface area contributed by atoms with Gasteiger partial charge in [0.25, 0.3) is 0 Å². The molecule has 0 saturated heterocycles. The summed E-state index contributed by atoms with van der Waals surface area (Å²) in [6, 6.07) is 4.02. The molecule has 0 saturated carbocycles. The first-order valence-corrected chi connectivity index (χ1v) is 4.38. The first kappa shape index (κ1) is 8.74. The Morgan fingerprint density at radius 3 is 2.50 bits per heavy atom. The number of hydrogen-bond acceptors (Lipinski definition) is 4. The van der Waals surface area contributed by atoms with E-state index in [0.717, 1.165) is 22.0 Å². The molecule has 4 heteroatoms. The van der Waals surface area contributed by atoms with Crippen LogP contribution in [-0.2, 0) is 0 Å². The number of nitrogens with zero attached hydrogens (tertiary/aromatic N) is 2. The minimum atomic E-state index is 0.224. The van der Waals surface area contributed by atoms with Crippen LogP contribution in [0.15, 0.2) is 12.1 Å². The predicted octanol–water partition coefficient (Wildman–Crippen LogP) is 1.41. The number of anilines is 2. The third kappa shape index (κ3) is 1.25. The Kier molecular flexibility index (Phi) is 1.77. The maximum absolute atomic E-state index is 5.76. The van der Waals surface area contributed by atoms with Gasteiger partial charge < -0.3 is 11.5 Å². The van der Waals surface area contributed by atoms with Crippen molar-refractivity contribution in [1.29, 1.82) is 0 Å². The number of hydrogen-bond donors (Lipinski definition) is 2. The molecule has 0 aliphatic heterocycles. The van der Waals surface area contributed by atoms with Gasteiger partial charge >= 0.3 is 0 Å². The molecule has 2 rings (SSSR count). The average Bonchev–Trinajstić information content (AvgIpc) is 2.07. The van der Waals surface area contributed by atoms with Crippen LogP contribution in [0.3, 0.4) is 0 Å². The number of benzene rings is 1. The van der Waals surface area contributed by atoms with Gasteiger partial charge in [0.15, 0.2) is 0 Å². The lowest BCUT2D eigenvalue weighted by molar-refractivity contribution is 1.23. The molecule has 4 nitrogen and oxygen atoms in total. The van der Waals surface area contributed by atoms with Crippen LogP contribution in [0.1, 0.15) is 11.1 Å². The molecule has 0 spiro atoms. The molecule has 0 aliphatic rings. The fourth-order valence-electron chi connectivity index (χ4n) is 1.63. The second-order valence-electron chi connectivity index (χ2n) is 3.45. The SMILES string of the molecule is Cc1cc(C)c2nc(N)nc(N)c2c1. The molecule has 0 fully saturated rings. The van der Waals surface area contributed by atoms with Gasteiger partial charge in [0.1, 0.15) is 5.82 Å². The van der Waals surface area contributed by atoms with Gasteiger partial charge in [-0.1, -0.05) is 6.07 Å². The number of rotatable bonds is 0. The van der Waals surface area contributed by atoms with E-state index in [2.05, 4.69) is 9.97 Å². The largest absolute Gasteiger partial charge is 0.383 e. The zero-order valence-corrected chi connectivity index (χ0v) is 8.20. The van der Waals surface area contributed by atoms with E-state index in [0.29, 0.717) is 5.82 Å². The second-order valence-corrected chi connectivity index (χ2v) is 3.45. The lowest BCUT2D eigenvalue weighted by atomic mass is 10.1. The Bertz CT molecular complexity index is 458. The zero-order valence-electron chi connectivity index (χ0n) is 8.20. The molecule has 72 valence electrons. The van der Waals surface area contributed by atoms with Crippen LogP contribution >= 0.6 is 0 Å². The summed E-state index contributed by atoms with van der Waals surface area (Å²) in [4.78, 5) is 8.09. The lowest BCUT2D eigenvalue weighted by Gasteiger charge is -2.06. The normalized spacial score (nSPS) is 10.7. The van der Waals surface area contributed by atoms with Crippen molar-refractivity contribution in [2.45, 2.75) is 13.8 Å². The van der Waals surface area contributed by atoms with Crippen molar-refractivity contribution >= 4 is 22.7 Å². The highest BCUT2D eigenvalue weighted by atomic mass is 15.0. The molecule has 0 bridgehead atoms. The molecule has 0 amide bonds. The molecule has 1 aromatic heterocycles. The molecule has 4 N–H and O–H groups in total. The third-order valence-electron chi connectivity index (χ3n) is 2.18. The first-order valence-electron chi connectivity index (χ1n) is 4.38. The number of aryl methyl sites for hydroxylation is 2. The topological polar surface area (TPSA) is 77.8 Å². The minimum absolute atomic E-state index is 0.224. The Balaban J connectivity index is 2.94. The Morgan fingerprint density at radius 2 is 1.79 bits per heavy atom. The van der Waals surface area contributed by atoms with Crippen LogP contribution in [0.25, 0.3) is 10.9 Å². The van der Waals surface area contributed by atoms with Crippen molar-refractivity contribution in [2.24, 2.45) is 0 Å². The maximum Gasteiger partial charge on any atom is 0.222 e. The van der Waals surface area contributed by atoms with Gasteiger partial charge in [0.2, 0.25) is 5.95 Å². The van der Waals surface area contributed by atoms with E-state index in [1.165, 1.54) is 0 Å². The molecule has 0 unspecified atom stereocenters. The van der Waals surface area contributed by atoms with E-state index in [1.807, 2.05) is 26.0 Å². The Morgan fingerprint density at radius 1 is 1.07 bits per heavy atom. The van der Waals surface area contributed by atoms with E-state index in [4.69, 9.17) is 11.5 Å². The van der Waals surface area contributed by atoms with E-state index < -0.39 is 0 Å². The smallest absolute Gasteiger partial charge is 0.222 e. The Labute approximate surface area is 82.0 Å². The van der Waals surface area contributed by atoms with Crippen molar-refractivity contribution in [3.05, 3.63) is 23.3 Å².